The lowest BCUT2D eigenvalue weighted by Crippen LogP contribution is -2.40. The van der Waals surface area contributed by atoms with E-state index in [-0.39, 0.29) is 12.6 Å². The van der Waals surface area contributed by atoms with E-state index >= 15 is 0 Å². The van der Waals surface area contributed by atoms with Gasteiger partial charge in [0.05, 0.1) is 12.8 Å². The molecule has 5 nitrogen and oxygen atoms in total. The summed E-state index contributed by atoms with van der Waals surface area (Å²) in [7, 11) is 1.66. The maximum Gasteiger partial charge on any atom is 0.232 e. The van der Waals surface area contributed by atoms with Gasteiger partial charge < -0.3 is 19.0 Å². The smallest absolute Gasteiger partial charge is 0.232 e. The van der Waals surface area contributed by atoms with Crippen LogP contribution < -0.4 is 4.74 Å². The van der Waals surface area contributed by atoms with E-state index in [4.69, 9.17) is 19.0 Å². The maximum absolute atomic E-state index is 5.78. The van der Waals surface area contributed by atoms with Crippen LogP contribution in [0.5, 0.6) is 5.75 Å². The molecular formula is C16H21NO4. The maximum atomic E-state index is 5.78. The monoisotopic (exact) mass is 291 g/mol. The van der Waals surface area contributed by atoms with Crippen molar-refractivity contribution in [1.82, 2.24) is 0 Å². The van der Waals surface area contributed by atoms with Crippen molar-refractivity contribution in [3.05, 3.63) is 29.8 Å². The topological polar surface area (TPSA) is 49.3 Å². The Bertz CT molecular complexity index is 500. The Morgan fingerprint density at radius 2 is 2.05 bits per heavy atom. The van der Waals surface area contributed by atoms with Gasteiger partial charge in [0.2, 0.25) is 6.29 Å². The van der Waals surface area contributed by atoms with E-state index in [1.54, 1.807) is 7.11 Å². The van der Waals surface area contributed by atoms with Crippen LogP contribution in [0.1, 0.15) is 31.7 Å². The summed E-state index contributed by atoms with van der Waals surface area (Å²) in [6.45, 7) is 2.62. The van der Waals surface area contributed by atoms with Gasteiger partial charge in [0, 0.05) is 18.9 Å². The van der Waals surface area contributed by atoms with Gasteiger partial charge in [0.1, 0.15) is 5.75 Å². The van der Waals surface area contributed by atoms with Crippen LogP contribution in [0.25, 0.3) is 0 Å². The fourth-order valence-electron chi connectivity index (χ4n) is 2.79. The summed E-state index contributed by atoms with van der Waals surface area (Å²) in [5, 5.41) is 4.23. The number of fused-ring (bicyclic) bond motifs is 1. The summed E-state index contributed by atoms with van der Waals surface area (Å²) in [5.74, 6) is 1.19. The molecule has 1 aromatic carbocycles. The first-order valence-corrected chi connectivity index (χ1v) is 7.44. The Kier molecular flexibility index (Phi) is 4.41. The first-order valence-electron chi connectivity index (χ1n) is 7.44. The molecule has 114 valence electrons. The highest BCUT2D eigenvalue weighted by Gasteiger charge is 2.37. The van der Waals surface area contributed by atoms with Crippen molar-refractivity contribution in [1.29, 1.82) is 0 Å². The highest BCUT2D eigenvalue weighted by Crippen LogP contribution is 2.33. The van der Waals surface area contributed by atoms with Gasteiger partial charge in [-0.1, -0.05) is 5.16 Å². The van der Waals surface area contributed by atoms with Crippen molar-refractivity contribution in [3.8, 4) is 5.75 Å². The molecule has 0 N–H and O–H groups in total. The summed E-state index contributed by atoms with van der Waals surface area (Å²) in [5.41, 5.74) is 2.04. The van der Waals surface area contributed by atoms with Crippen LogP contribution in [0, 0.1) is 5.92 Å². The second kappa shape index (κ2) is 6.45. The van der Waals surface area contributed by atoms with Crippen molar-refractivity contribution in [2.45, 2.75) is 38.8 Å². The predicted molar refractivity (Wildman–Crippen MR) is 78.2 cm³/mol. The van der Waals surface area contributed by atoms with E-state index in [1.807, 2.05) is 31.2 Å². The molecule has 3 rings (SSSR count). The highest BCUT2D eigenvalue weighted by atomic mass is 16.8. The Hall–Kier alpha value is -1.59. The largest absolute Gasteiger partial charge is 0.497 e. The Labute approximate surface area is 124 Å². The number of hydrogen-bond acceptors (Lipinski definition) is 5. The fourth-order valence-corrected chi connectivity index (χ4v) is 2.79. The molecule has 2 aliphatic heterocycles. The SMILES string of the molecule is CCOC1CCC2CC(c3ccc(OC)cc3)=NOC2O1. The number of hydrogen-bond donors (Lipinski definition) is 0. The molecule has 5 heteroatoms. The third-order valence-corrected chi connectivity index (χ3v) is 3.94. The van der Waals surface area contributed by atoms with E-state index in [1.165, 1.54) is 0 Å². The Morgan fingerprint density at radius 3 is 2.76 bits per heavy atom. The van der Waals surface area contributed by atoms with Crippen LogP contribution in [-0.4, -0.2) is 32.0 Å². The fraction of sp³-hybridized carbons (Fsp3) is 0.562. The average Bonchev–Trinajstić information content (AvgIpc) is 2.55. The van der Waals surface area contributed by atoms with Crippen molar-refractivity contribution in [2.75, 3.05) is 13.7 Å². The molecule has 1 aromatic rings. The molecule has 0 aliphatic carbocycles. The minimum Gasteiger partial charge on any atom is -0.497 e. The summed E-state index contributed by atoms with van der Waals surface area (Å²) in [4.78, 5) is 5.54. The van der Waals surface area contributed by atoms with Gasteiger partial charge in [-0.2, -0.15) is 0 Å². The molecule has 3 atom stereocenters. The molecule has 0 bridgehead atoms. The molecule has 0 saturated carbocycles. The molecule has 21 heavy (non-hydrogen) atoms. The van der Waals surface area contributed by atoms with Gasteiger partial charge in [-0.15, -0.1) is 0 Å². The molecule has 0 amide bonds. The molecule has 2 heterocycles. The first kappa shape index (κ1) is 14.4. The van der Waals surface area contributed by atoms with Gasteiger partial charge in [-0.25, -0.2) is 0 Å². The number of oxime groups is 1. The lowest BCUT2D eigenvalue weighted by molar-refractivity contribution is -0.288. The average molecular weight is 291 g/mol. The van der Waals surface area contributed by atoms with Crippen LogP contribution in [-0.2, 0) is 14.3 Å². The van der Waals surface area contributed by atoms with Crippen molar-refractivity contribution >= 4 is 5.71 Å². The van der Waals surface area contributed by atoms with Crippen molar-refractivity contribution in [2.24, 2.45) is 11.1 Å². The minimum absolute atomic E-state index is 0.158. The number of nitrogens with zero attached hydrogens (tertiary/aromatic N) is 1. The number of rotatable bonds is 4. The van der Waals surface area contributed by atoms with Crippen molar-refractivity contribution in [3.63, 3.8) is 0 Å². The molecular weight excluding hydrogens is 270 g/mol. The lowest BCUT2D eigenvalue weighted by Gasteiger charge is -2.36. The van der Waals surface area contributed by atoms with Gasteiger partial charge in [0.25, 0.3) is 0 Å². The first-order chi connectivity index (χ1) is 10.3. The van der Waals surface area contributed by atoms with Gasteiger partial charge in [-0.3, -0.25) is 0 Å². The third-order valence-electron chi connectivity index (χ3n) is 3.94. The number of methoxy groups -OCH3 is 1. The van der Waals surface area contributed by atoms with Crippen LogP contribution in [0.15, 0.2) is 29.4 Å². The number of benzene rings is 1. The summed E-state index contributed by atoms with van der Waals surface area (Å²) in [6, 6.07) is 7.89. The molecule has 0 aromatic heterocycles. The summed E-state index contributed by atoms with van der Waals surface area (Å²) in [6.07, 6.45) is 2.38. The second-order valence-corrected chi connectivity index (χ2v) is 5.30. The van der Waals surface area contributed by atoms with E-state index < -0.39 is 0 Å². The van der Waals surface area contributed by atoms with E-state index in [9.17, 15) is 0 Å². The van der Waals surface area contributed by atoms with Crippen LogP contribution >= 0.6 is 0 Å². The zero-order chi connectivity index (χ0) is 14.7. The molecule has 0 spiro atoms. The molecule has 3 unspecified atom stereocenters. The quantitative estimate of drug-likeness (QED) is 0.856. The Balaban J connectivity index is 1.67. The van der Waals surface area contributed by atoms with Crippen LogP contribution in [0.3, 0.4) is 0 Å². The second-order valence-electron chi connectivity index (χ2n) is 5.30. The Morgan fingerprint density at radius 1 is 1.24 bits per heavy atom. The van der Waals surface area contributed by atoms with Gasteiger partial charge in [-0.05, 0) is 49.6 Å². The predicted octanol–water partition coefficient (Wildman–Crippen LogP) is 2.93. The van der Waals surface area contributed by atoms with E-state index in [0.29, 0.717) is 12.5 Å². The van der Waals surface area contributed by atoms with Crippen LogP contribution in [0.2, 0.25) is 0 Å². The molecule has 2 aliphatic rings. The zero-order valence-electron chi connectivity index (χ0n) is 12.5. The highest BCUT2D eigenvalue weighted by molar-refractivity contribution is 6.00. The lowest BCUT2D eigenvalue weighted by atomic mass is 9.90. The minimum atomic E-state index is -0.280. The normalized spacial score (nSPS) is 28.3. The molecule has 1 fully saturated rings. The van der Waals surface area contributed by atoms with Crippen molar-refractivity contribution < 1.29 is 19.0 Å². The standard InChI is InChI=1S/C16H21NO4/c1-3-19-15-9-6-12-10-14(17-21-16(12)20-15)11-4-7-13(18-2)8-5-11/h4-5,7-8,12,15-16H,3,6,9-10H2,1-2H3. The van der Waals surface area contributed by atoms with Crippen LogP contribution in [0.4, 0.5) is 0 Å². The van der Waals surface area contributed by atoms with E-state index in [2.05, 4.69) is 5.16 Å². The number of ether oxygens (including phenoxy) is 3. The molecule has 0 radical (unpaired) electrons. The van der Waals surface area contributed by atoms with E-state index in [0.717, 1.165) is 36.3 Å². The molecule has 1 saturated heterocycles. The third kappa shape index (κ3) is 3.19. The zero-order valence-corrected chi connectivity index (χ0v) is 12.5. The summed E-state index contributed by atoms with van der Waals surface area (Å²) < 4.78 is 16.5. The summed E-state index contributed by atoms with van der Waals surface area (Å²) >= 11 is 0. The van der Waals surface area contributed by atoms with Gasteiger partial charge >= 0.3 is 0 Å². The van der Waals surface area contributed by atoms with Gasteiger partial charge in [0.15, 0.2) is 6.29 Å².